The lowest BCUT2D eigenvalue weighted by Crippen LogP contribution is -2.16. The van der Waals surface area contributed by atoms with E-state index in [1.165, 1.54) is 47.8 Å². The largest absolute Gasteiger partial charge is 0.454 e. The number of rotatable bonds is 3. The molecule has 0 N–H and O–H groups in total. The molecule has 0 radical (unpaired) electrons. The number of thiophene rings is 1. The van der Waals surface area contributed by atoms with Crippen LogP contribution in [0.1, 0.15) is 25.0 Å². The molecule has 0 saturated heterocycles. The van der Waals surface area contributed by atoms with Crippen LogP contribution in [0.15, 0.2) is 132 Å². The van der Waals surface area contributed by atoms with Gasteiger partial charge in [-0.1, -0.05) is 98.8 Å². The Morgan fingerprint density at radius 1 is 0.595 bits per heavy atom. The van der Waals surface area contributed by atoms with E-state index in [9.17, 15) is 0 Å². The molecule has 2 heterocycles. The summed E-state index contributed by atoms with van der Waals surface area (Å²) in [6, 6.07) is 46.0. The molecule has 0 saturated carbocycles. The summed E-state index contributed by atoms with van der Waals surface area (Å²) in [5.74, 6) is 0. The molecule has 6 aromatic carbocycles. The number of benzene rings is 6. The van der Waals surface area contributed by atoms with Gasteiger partial charge >= 0.3 is 0 Å². The van der Waals surface area contributed by atoms with E-state index in [0.717, 1.165) is 33.6 Å². The molecule has 2 nitrogen and oxygen atoms in total. The topological polar surface area (TPSA) is 16.4 Å². The third-order valence-electron chi connectivity index (χ3n) is 9.05. The average molecular weight is 558 g/mol. The van der Waals surface area contributed by atoms with Gasteiger partial charge in [-0.2, -0.15) is 0 Å². The van der Waals surface area contributed by atoms with E-state index >= 15 is 0 Å². The van der Waals surface area contributed by atoms with Crippen LogP contribution in [0.2, 0.25) is 0 Å². The van der Waals surface area contributed by atoms with Crippen molar-refractivity contribution >= 4 is 70.5 Å². The van der Waals surface area contributed by atoms with Crippen molar-refractivity contribution in [3.63, 3.8) is 0 Å². The number of anilines is 3. The van der Waals surface area contributed by atoms with Crippen molar-refractivity contribution in [3.05, 3.63) is 139 Å². The highest BCUT2D eigenvalue weighted by Gasteiger charge is 2.36. The first-order chi connectivity index (χ1) is 20.6. The van der Waals surface area contributed by atoms with Crippen molar-refractivity contribution in [1.29, 1.82) is 0 Å². The molecule has 2 aromatic heterocycles. The average Bonchev–Trinajstić information content (AvgIpc) is 3.67. The predicted molar refractivity (Wildman–Crippen MR) is 179 cm³/mol. The first-order valence-electron chi connectivity index (χ1n) is 14.4. The second kappa shape index (κ2) is 8.58. The first-order valence-corrected chi connectivity index (χ1v) is 15.3. The van der Waals surface area contributed by atoms with Crippen molar-refractivity contribution in [2.24, 2.45) is 0 Å². The molecule has 1 aliphatic carbocycles. The Morgan fingerprint density at radius 3 is 2.19 bits per heavy atom. The van der Waals surface area contributed by atoms with Crippen molar-refractivity contribution in [2.45, 2.75) is 19.3 Å². The Labute approximate surface area is 248 Å². The van der Waals surface area contributed by atoms with Gasteiger partial charge < -0.3 is 9.32 Å². The highest BCUT2D eigenvalue weighted by molar-refractivity contribution is 7.26. The molecule has 8 aromatic rings. The van der Waals surface area contributed by atoms with Gasteiger partial charge in [0.2, 0.25) is 0 Å². The monoisotopic (exact) mass is 557 g/mol. The van der Waals surface area contributed by atoms with Crippen molar-refractivity contribution in [3.8, 4) is 11.1 Å². The fourth-order valence-corrected chi connectivity index (χ4v) is 8.29. The van der Waals surface area contributed by atoms with Crippen LogP contribution in [0.25, 0.3) is 53.2 Å². The number of furan rings is 1. The summed E-state index contributed by atoms with van der Waals surface area (Å²) in [6.07, 6.45) is 0. The summed E-state index contributed by atoms with van der Waals surface area (Å²) in [7, 11) is 0. The van der Waals surface area contributed by atoms with Crippen LogP contribution in [0.3, 0.4) is 0 Å². The molecule has 42 heavy (non-hydrogen) atoms. The van der Waals surface area contributed by atoms with E-state index in [2.05, 4.69) is 146 Å². The molecule has 0 unspecified atom stereocenters. The van der Waals surface area contributed by atoms with Crippen molar-refractivity contribution in [1.82, 2.24) is 0 Å². The molecule has 0 aliphatic heterocycles. The van der Waals surface area contributed by atoms with Crippen molar-refractivity contribution < 1.29 is 4.42 Å². The Morgan fingerprint density at radius 2 is 1.31 bits per heavy atom. The van der Waals surface area contributed by atoms with Gasteiger partial charge in [-0.05, 0) is 64.7 Å². The SMILES string of the molecule is CC1(C)c2ccccc2-c2ccc(N(c3ccccc3)c3cc4c5ccccc5sc4c4c3oc3ccccc34)cc21. The lowest BCUT2D eigenvalue weighted by molar-refractivity contribution is 0.660. The molecule has 9 rings (SSSR count). The van der Waals surface area contributed by atoms with E-state index in [-0.39, 0.29) is 5.41 Å². The second-order valence-electron chi connectivity index (χ2n) is 11.7. The summed E-state index contributed by atoms with van der Waals surface area (Å²) in [5, 5.41) is 4.89. The highest BCUT2D eigenvalue weighted by atomic mass is 32.1. The van der Waals surface area contributed by atoms with Crippen LogP contribution in [-0.4, -0.2) is 0 Å². The molecule has 0 spiro atoms. The molecular weight excluding hydrogens is 531 g/mol. The second-order valence-corrected chi connectivity index (χ2v) is 12.8. The number of hydrogen-bond acceptors (Lipinski definition) is 3. The number of para-hydroxylation sites is 2. The van der Waals surface area contributed by atoms with Gasteiger partial charge in [0.15, 0.2) is 5.58 Å². The zero-order chi connectivity index (χ0) is 28.0. The summed E-state index contributed by atoms with van der Waals surface area (Å²) < 4.78 is 9.33. The quantitative estimate of drug-likeness (QED) is 0.215. The normalized spacial score (nSPS) is 13.7. The van der Waals surface area contributed by atoms with Gasteiger partial charge in [0.1, 0.15) is 5.58 Å². The minimum absolute atomic E-state index is 0.0908. The molecule has 200 valence electrons. The maximum absolute atomic E-state index is 6.76. The Bertz CT molecular complexity index is 2340. The molecule has 0 atom stereocenters. The van der Waals surface area contributed by atoms with Crippen LogP contribution < -0.4 is 4.90 Å². The zero-order valence-corrected chi connectivity index (χ0v) is 24.2. The smallest absolute Gasteiger partial charge is 0.160 e. The molecule has 1 aliphatic rings. The maximum atomic E-state index is 6.76. The fraction of sp³-hybridized carbons (Fsp3) is 0.0769. The van der Waals surface area contributed by atoms with E-state index in [0.29, 0.717) is 0 Å². The Balaban J connectivity index is 1.39. The standard InChI is InChI=1S/C39H27NOS/c1-39(2)31-17-9-6-14-26(31)27-21-20-25(22-32(27)39)40(24-12-4-3-5-13-24)33-23-30-28-15-8-11-19-35(28)42-38(30)36-29-16-7-10-18-34(29)41-37(33)36/h3-23H,1-2H3. The third-order valence-corrected chi connectivity index (χ3v) is 10.3. The lowest BCUT2D eigenvalue weighted by atomic mass is 9.82. The summed E-state index contributed by atoms with van der Waals surface area (Å²) in [5.41, 5.74) is 10.4. The molecular formula is C39H27NOS. The minimum atomic E-state index is -0.0908. The van der Waals surface area contributed by atoms with Gasteiger partial charge in [0.05, 0.1) is 5.69 Å². The summed E-state index contributed by atoms with van der Waals surface area (Å²) in [6.45, 7) is 4.69. The minimum Gasteiger partial charge on any atom is -0.454 e. The molecule has 0 fully saturated rings. The van der Waals surface area contributed by atoms with Gasteiger partial charge in [-0.25, -0.2) is 0 Å². The van der Waals surface area contributed by atoms with E-state index in [1.54, 1.807) is 0 Å². The van der Waals surface area contributed by atoms with Crippen molar-refractivity contribution in [2.75, 3.05) is 4.90 Å². The number of hydrogen-bond donors (Lipinski definition) is 0. The van der Waals surface area contributed by atoms with Crippen LogP contribution in [0.4, 0.5) is 17.1 Å². The summed E-state index contributed by atoms with van der Waals surface area (Å²) >= 11 is 1.85. The summed E-state index contributed by atoms with van der Waals surface area (Å²) in [4.78, 5) is 2.38. The Hall–Kier alpha value is -4.86. The van der Waals surface area contributed by atoms with Gasteiger partial charge in [-0.3, -0.25) is 0 Å². The van der Waals surface area contributed by atoms with E-state index < -0.39 is 0 Å². The zero-order valence-electron chi connectivity index (χ0n) is 23.4. The Kier molecular flexibility index (Phi) is 4.86. The number of nitrogens with zero attached hydrogens (tertiary/aromatic N) is 1. The number of fused-ring (bicyclic) bond motifs is 10. The van der Waals surface area contributed by atoms with E-state index in [1.807, 2.05) is 11.3 Å². The first kappa shape index (κ1) is 23.8. The van der Waals surface area contributed by atoms with Gasteiger partial charge in [0.25, 0.3) is 0 Å². The molecule has 3 heteroatoms. The van der Waals surface area contributed by atoms with Gasteiger partial charge in [-0.15, -0.1) is 11.3 Å². The van der Waals surface area contributed by atoms with E-state index in [4.69, 9.17) is 4.42 Å². The molecule has 0 amide bonds. The fourth-order valence-electron chi connectivity index (χ4n) is 7.05. The third kappa shape index (κ3) is 3.20. The van der Waals surface area contributed by atoms with Crippen LogP contribution in [0, 0.1) is 0 Å². The predicted octanol–water partition coefficient (Wildman–Crippen LogP) is 11.7. The van der Waals surface area contributed by atoms with Gasteiger partial charge in [0, 0.05) is 47.7 Å². The molecule has 0 bridgehead atoms. The van der Waals surface area contributed by atoms with Crippen LogP contribution in [0.5, 0.6) is 0 Å². The lowest BCUT2D eigenvalue weighted by Gasteiger charge is -2.28. The van der Waals surface area contributed by atoms with Crippen LogP contribution >= 0.6 is 11.3 Å². The maximum Gasteiger partial charge on any atom is 0.160 e. The van der Waals surface area contributed by atoms with Crippen LogP contribution in [-0.2, 0) is 5.41 Å². The highest BCUT2D eigenvalue weighted by Crippen LogP contribution is 2.52.